The van der Waals surface area contributed by atoms with Gasteiger partial charge in [-0.05, 0) is 18.2 Å². The number of rotatable bonds is 1. The maximum atomic E-state index is 9.84. The highest BCUT2D eigenvalue weighted by Gasteiger charge is 2.16. The molecule has 0 bridgehead atoms. The van der Waals surface area contributed by atoms with E-state index in [1.165, 1.54) is 6.20 Å². The second kappa shape index (κ2) is 4.91. The third-order valence-electron chi connectivity index (χ3n) is 2.19. The van der Waals surface area contributed by atoms with E-state index < -0.39 is 0 Å². The zero-order chi connectivity index (χ0) is 12.6. The van der Waals surface area contributed by atoms with Gasteiger partial charge in [-0.1, -0.05) is 46.4 Å². The maximum absolute atomic E-state index is 9.84. The van der Waals surface area contributed by atoms with Crippen molar-refractivity contribution in [2.24, 2.45) is 0 Å². The number of pyridine rings is 1. The average molecular weight is 309 g/mol. The molecule has 1 heterocycles. The molecule has 0 fully saturated rings. The Labute approximate surface area is 118 Å². The molecule has 2 aromatic rings. The molecule has 0 radical (unpaired) electrons. The molecule has 2 nitrogen and oxygen atoms in total. The number of benzene rings is 1. The molecule has 0 aliphatic rings. The van der Waals surface area contributed by atoms with Crippen LogP contribution in [0.3, 0.4) is 0 Å². The standard InChI is InChI=1S/C11H5Cl4NO/c12-6-1-2-7(13)9(14)8(6)5-3-4-16-11(15)10(5)17/h1-4,17H. The Kier molecular flexibility index (Phi) is 3.69. The fourth-order valence-corrected chi connectivity index (χ4v) is 2.29. The van der Waals surface area contributed by atoms with Crippen LogP contribution in [0.15, 0.2) is 24.4 Å². The molecule has 1 aromatic heterocycles. The van der Waals surface area contributed by atoms with Gasteiger partial charge in [-0.25, -0.2) is 4.98 Å². The Morgan fingerprint density at radius 2 is 1.59 bits per heavy atom. The van der Waals surface area contributed by atoms with Gasteiger partial charge < -0.3 is 5.11 Å². The van der Waals surface area contributed by atoms with E-state index in [9.17, 15) is 5.11 Å². The topological polar surface area (TPSA) is 33.1 Å². The van der Waals surface area contributed by atoms with Gasteiger partial charge in [0.2, 0.25) is 0 Å². The van der Waals surface area contributed by atoms with Crippen LogP contribution in [0.5, 0.6) is 5.75 Å². The number of aromatic hydroxyl groups is 1. The average Bonchev–Trinajstić information content (AvgIpc) is 2.30. The van der Waals surface area contributed by atoms with Gasteiger partial charge in [-0.15, -0.1) is 0 Å². The van der Waals surface area contributed by atoms with Gasteiger partial charge in [-0.3, -0.25) is 0 Å². The van der Waals surface area contributed by atoms with E-state index in [1.54, 1.807) is 18.2 Å². The molecule has 0 spiro atoms. The van der Waals surface area contributed by atoms with Crippen molar-refractivity contribution in [2.75, 3.05) is 0 Å². The number of aromatic nitrogens is 1. The molecule has 0 amide bonds. The summed E-state index contributed by atoms with van der Waals surface area (Å²) >= 11 is 23.7. The molecule has 0 atom stereocenters. The zero-order valence-corrected chi connectivity index (χ0v) is 11.2. The summed E-state index contributed by atoms with van der Waals surface area (Å²) < 4.78 is 0. The molecule has 0 aliphatic heterocycles. The molecule has 2 rings (SSSR count). The number of nitrogens with zero attached hydrogens (tertiary/aromatic N) is 1. The molecule has 6 heteroatoms. The van der Waals surface area contributed by atoms with E-state index in [0.717, 1.165) is 0 Å². The highest BCUT2D eigenvalue weighted by Crippen LogP contribution is 2.43. The first-order chi connectivity index (χ1) is 8.02. The number of hydrogen-bond acceptors (Lipinski definition) is 2. The van der Waals surface area contributed by atoms with E-state index in [-0.39, 0.29) is 15.9 Å². The van der Waals surface area contributed by atoms with E-state index in [1.807, 2.05) is 0 Å². The maximum Gasteiger partial charge on any atom is 0.171 e. The van der Waals surface area contributed by atoms with Crippen molar-refractivity contribution in [3.8, 4) is 16.9 Å². The van der Waals surface area contributed by atoms with Crippen LogP contribution in [0.1, 0.15) is 0 Å². The first-order valence-electron chi connectivity index (χ1n) is 4.49. The second-order valence-corrected chi connectivity index (χ2v) is 4.77. The lowest BCUT2D eigenvalue weighted by molar-refractivity contribution is 0.475. The molecule has 88 valence electrons. The lowest BCUT2D eigenvalue weighted by Gasteiger charge is -2.10. The van der Waals surface area contributed by atoms with Gasteiger partial charge in [-0.2, -0.15) is 0 Å². The van der Waals surface area contributed by atoms with Crippen molar-refractivity contribution in [2.45, 2.75) is 0 Å². The molecule has 0 aliphatic carbocycles. The Morgan fingerprint density at radius 1 is 0.941 bits per heavy atom. The van der Waals surface area contributed by atoms with E-state index in [4.69, 9.17) is 46.4 Å². The third-order valence-corrected chi connectivity index (χ3v) is 3.59. The van der Waals surface area contributed by atoms with Crippen LogP contribution >= 0.6 is 46.4 Å². The van der Waals surface area contributed by atoms with Crippen LogP contribution in [-0.2, 0) is 0 Å². The number of halogens is 4. The smallest absolute Gasteiger partial charge is 0.171 e. The second-order valence-electron chi connectivity index (χ2n) is 3.22. The Bertz CT molecular complexity index is 586. The van der Waals surface area contributed by atoms with Crippen molar-refractivity contribution in [3.63, 3.8) is 0 Å². The van der Waals surface area contributed by atoms with Crippen LogP contribution in [-0.4, -0.2) is 10.1 Å². The van der Waals surface area contributed by atoms with Crippen LogP contribution in [0.25, 0.3) is 11.1 Å². The molecule has 1 aromatic carbocycles. The van der Waals surface area contributed by atoms with Crippen molar-refractivity contribution in [1.82, 2.24) is 4.98 Å². The molecule has 17 heavy (non-hydrogen) atoms. The van der Waals surface area contributed by atoms with Crippen molar-refractivity contribution < 1.29 is 5.11 Å². The summed E-state index contributed by atoms with van der Waals surface area (Å²) in [5, 5.41) is 10.8. The SMILES string of the molecule is Oc1c(-c2c(Cl)ccc(Cl)c2Cl)ccnc1Cl. The summed E-state index contributed by atoms with van der Waals surface area (Å²) in [5.41, 5.74) is 0.824. The quantitative estimate of drug-likeness (QED) is 0.589. The highest BCUT2D eigenvalue weighted by atomic mass is 35.5. The molecule has 1 N–H and O–H groups in total. The third kappa shape index (κ3) is 2.31. The van der Waals surface area contributed by atoms with Gasteiger partial charge in [0.25, 0.3) is 0 Å². The zero-order valence-electron chi connectivity index (χ0n) is 8.22. The van der Waals surface area contributed by atoms with E-state index >= 15 is 0 Å². The first kappa shape index (κ1) is 12.8. The first-order valence-corrected chi connectivity index (χ1v) is 6.01. The minimum atomic E-state index is -0.180. The Hall–Kier alpha value is -0.670. The Balaban J connectivity index is 2.77. The van der Waals surface area contributed by atoms with Crippen LogP contribution in [0.4, 0.5) is 0 Å². The molecule has 0 saturated heterocycles. The van der Waals surface area contributed by atoms with Gasteiger partial charge >= 0.3 is 0 Å². The van der Waals surface area contributed by atoms with E-state index in [0.29, 0.717) is 21.2 Å². The minimum Gasteiger partial charge on any atom is -0.504 e. The predicted molar refractivity (Wildman–Crippen MR) is 71.4 cm³/mol. The number of hydrogen-bond donors (Lipinski definition) is 1. The summed E-state index contributed by atoms with van der Waals surface area (Å²) in [4.78, 5) is 3.74. The van der Waals surface area contributed by atoms with Gasteiger partial charge in [0, 0.05) is 17.3 Å². The van der Waals surface area contributed by atoms with Crippen molar-refractivity contribution in [1.29, 1.82) is 0 Å². The minimum absolute atomic E-state index is 0.0189. The molecule has 0 saturated carbocycles. The summed E-state index contributed by atoms with van der Waals surface area (Å²) in [6, 6.07) is 4.74. The monoisotopic (exact) mass is 307 g/mol. The normalized spacial score (nSPS) is 10.6. The molecule has 0 unspecified atom stereocenters. The largest absolute Gasteiger partial charge is 0.504 e. The van der Waals surface area contributed by atoms with Crippen molar-refractivity contribution >= 4 is 46.4 Å². The van der Waals surface area contributed by atoms with Gasteiger partial charge in [0.05, 0.1) is 15.1 Å². The molecular formula is C11H5Cl4NO. The highest BCUT2D eigenvalue weighted by molar-refractivity contribution is 6.46. The van der Waals surface area contributed by atoms with Crippen LogP contribution in [0, 0.1) is 0 Å². The fourth-order valence-electron chi connectivity index (χ4n) is 1.40. The summed E-state index contributed by atoms with van der Waals surface area (Å²) in [6.45, 7) is 0. The van der Waals surface area contributed by atoms with Crippen molar-refractivity contribution in [3.05, 3.63) is 44.6 Å². The summed E-state index contributed by atoms with van der Waals surface area (Å²) in [5.74, 6) is -0.180. The van der Waals surface area contributed by atoms with Crippen LogP contribution < -0.4 is 0 Å². The fraction of sp³-hybridized carbons (Fsp3) is 0. The lowest BCUT2D eigenvalue weighted by Crippen LogP contribution is -1.86. The summed E-state index contributed by atoms with van der Waals surface area (Å²) in [7, 11) is 0. The predicted octanol–water partition coefficient (Wildman–Crippen LogP) is 5.07. The Morgan fingerprint density at radius 3 is 2.29 bits per heavy atom. The van der Waals surface area contributed by atoms with Gasteiger partial charge in [0.15, 0.2) is 10.9 Å². The van der Waals surface area contributed by atoms with Gasteiger partial charge in [0.1, 0.15) is 0 Å². The summed E-state index contributed by atoms with van der Waals surface area (Å²) in [6.07, 6.45) is 1.45. The molecular weight excluding hydrogens is 304 g/mol. The van der Waals surface area contributed by atoms with Crippen LogP contribution in [0.2, 0.25) is 20.2 Å². The van der Waals surface area contributed by atoms with E-state index in [2.05, 4.69) is 4.98 Å². The lowest BCUT2D eigenvalue weighted by atomic mass is 10.1.